The lowest BCUT2D eigenvalue weighted by molar-refractivity contribution is -0.132. The van der Waals surface area contributed by atoms with Crippen LogP contribution in [0.2, 0.25) is 0 Å². The van der Waals surface area contributed by atoms with E-state index in [0.29, 0.717) is 18.2 Å². The Labute approximate surface area is 187 Å². The molecule has 1 aromatic carbocycles. The Bertz CT molecular complexity index is 1010. The Morgan fingerprint density at radius 2 is 1.97 bits per heavy atom. The number of hydrogen-bond donors (Lipinski definition) is 1. The van der Waals surface area contributed by atoms with Gasteiger partial charge in [0, 0.05) is 42.7 Å². The molecule has 2 saturated heterocycles. The Morgan fingerprint density at radius 3 is 2.81 bits per heavy atom. The number of piperidine rings is 1. The van der Waals surface area contributed by atoms with Crippen LogP contribution in [0.3, 0.4) is 0 Å². The summed E-state index contributed by atoms with van der Waals surface area (Å²) in [5, 5.41) is 5.57. The molecule has 31 heavy (non-hydrogen) atoms. The number of para-hydroxylation sites is 1. The first kappa shape index (κ1) is 20.5. The number of nitrogens with zero attached hydrogens (tertiary/aromatic N) is 4. The highest BCUT2D eigenvalue weighted by Crippen LogP contribution is 2.34. The molecule has 0 aliphatic carbocycles. The predicted molar refractivity (Wildman–Crippen MR) is 126 cm³/mol. The Balaban J connectivity index is 1.25. The van der Waals surface area contributed by atoms with E-state index in [0.717, 1.165) is 56.2 Å². The molecule has 2 aliphatic heterocycles. The van der Waals surface area contributed by atoms with Gasteiger partial charge in [0.25, 0.3) is 0 Å². The highest BCUT2D eigenvalue weighted by atomic mass is 32.1. The number of amides is 1. The van der Waals surface area contributed by atoms with E-state index in [1.165, 1.54) is 30.8 Å². The smallest absolute Gasteiger partial charge is 0.222 e. The van der Waals surface area contributed by atoms with Gasteiger partial charge in [0.2, 0.25) is 11.9 Å². The second-order valence-electron chi connectivity index (χ2n) is 8.72. The molecular weight excluding hydrogens is 406 g/mol. The van der Waals surface area contributed by atoms with Crippen LogP contribution in [0.15, 0.2) is 41.9 Å². The van der Waals surface area contributed by atoms with E-state index in [2.05, 4.69) is 43.2 Å². The molecule has 0 saturated carbocycles. The van der Waals surface area contributed by atoms with Crippen LogP contribution in [-0.4, -0.2) is 57.8 Å². The number of hydrogen-bond acceptors (Lipinski definition) is 5. The molecule has 2 aromatic heterocycles. The topological polar surface area (TPSA) is 52.9 Å². The number of nitrogens with one attached hydrogen (secondary N) is 1. The summed E-state index contributed by atoms with van der Waals surface area (Å²) in [6.07, 6.45) is 8.48. The lowest BCUT2D eigenvalue weighted by Crippen LogP contribution is -2.39. The average Bonchev–Trinajstić information content (AvgIpc) is 3.54. The largest absolute Gasteiger partial charge is 0.342 e. The number of carbonyl (C=O) groups is 1. The fourth-order valence-corrected chi connectivity index (χ4v) is 5.80. The zero-order valence-corrected chi connectivity index (χ0v) is 18.8. The Kier molecular flexibility index (Phi) is 6.22. The molecule has 0 radical (unpaired) electrons. The first-order valence-electron chi connectivity index (χ1n) is 11.6. The number of carbonyl (C=O) groups excluding carboxylic acids is 1. The molecule has 0 bridgehead atoms. The second kappa shape index (κ2) is 9.40. The van der Waals surface area contributed by atoms with Crippen molar-refractivity contribution in [3.8, 4) is 0 Å². The highest BCUT2D eigenvalue weighted by Gasteiger charge is 2.29. The maximum Gasteiger partial charge on any atom is 0.222 e. The van der Waals surface area contributed by atoms with Crippen LogP contribution in [0.25, 0.3) is 4.83 Å². The van der Waals surface area contributed by atoms with E-state index in [1.54, 1.807) is 11.3 Å². The number of rotatable bonds is 7. The first-order chi connectivity index (χ1) is 15.3. The average molecular weight is 438 g/mol. The molecule has 6 nitrogen and oxygen atoms in total. The quantitative estimate of drug-likeness (QED) is 0.581. The van der Waals surface area contributed by atoms with Crippen molar-refractivity contribution in [2.75, 3.05) is 38.0 Å². The monoisotopic (exact) mass is 437 g/mol. The van der Waals surface area contributed by atoms with Crippen LogP contribution in [0.1, 0.15) is 50.1 Å². The van der Waals surface area contributed by atoms with Crippen LogP contribution < -0.4 is 5.32 Å². The summed E-state index contributed by atoms with van der Waals surface area (Å²) in [5.74, 6) is 1.47. The van der Waals surface area contributed by atoms with E-state index in [1.807, 2.05) is 18.2 Å². The lowest BCUT2D eigenvalue weighted by Gasteiger charge is -2.32. The fourth-order valence-electron chi connectivity index (χ4n) is 4.90. The molecular formula is C24H31N5OS. The van der Waals surface area contributed by atoms with Crippen molar-refractivity contribution in [3.63, 3.8) is 0 Å². The fraction of sp³-hybridized carbons (Fsp3) is 0.500. The minimum absolute atomic E-state index is 0.302. The van der Waals surface area contributed by atoms with Crippen LogP contribution in [-0.2, 0) is 4.79 Å². The standard InChI is InChI=1S/C24H31N5OS/c30-21(11-7-14-27-12-4-5-13-27)28-15-6-8-19(18-28)22-23-29(16-17-31-23)24(26-22)25-20-9-2-1-3-10-20/h1-3,9-10,16-17,19H,4-8,11-15,18H2,(H,25,26). The van der Waals surface area contributed by atoms with Gasteiger partial charge < -0.3 is 15.1 Å². The van der Waals surface area contributed by atoms with Gasteiger partial charge in [0.15, 0.2) is 0 Å². The third-order valence-corrected chi connectivity index (χ3v) is 7.42. The molecule has 2 aliphatic rings. The van der Waals surface area contributed by atoms with Crippen molar-refractivity contribution in [2.24, 2.45) is 0 Å². The number of likely N-dealkylation sites (tertiary alicyclic amines) is 2. The summed E-state index contributed by atoms with van der Waals surface area (Å²) in [6.45, 7) is 5.15. The molecule has 3 aromatic rings. The van der Waals surface area contributed by atoms with Crippen molar-refractivity contribution in [1.29, 1.82) is 0 Å². The normalized spacial score (nSPS) is 19.9. The van der Waals surface area contributed by atoms with Gasteiger partial charge >= 0.3 is 0 Å². The molecule has 4 heterocycles. The maximum atomic E-state index is 12.9. The van der Waals surface area contributed by atoms with Crippen molar-refractivity contribution in [3.05, 3.63) is 47.6 Å². The van der Waals surface area contributed by atoms with Crippen LogP contribution >= 0.6 is 11.3 Å². The summed E-state index contributed by atoms with van der Waals surface area (Å²) in [7, 11) is 0. The third-order valence-electron chi connectivity index (χ3n) is 6.54. The van der Waals surface area contributed by atoms with Crippen LogP contribution in [0.5, 0.6) is 0 Å². The van der Waals surface area contributed by atoms with Crippen LogP contribution in [0.4, 0.5) is 11.6 Å². The molecule has 1 unspecified atom stereocenters. The Hall–Kier alpha value is -2.38. The summed E-state index contributed by atoms with van der Waals surface area (Å²) in [4.78, 5) is 23.6. The maximum absolute atomic E-state index is 12.9. The van der Waals surface area contributed by atoms with E-state index in [-0.39, 0.29) is 0 Å². The molecule has 1 amide bonds. The molecule has 7 heteroatoms. The van der Waals surface area contributed by atoms with Crippen molar-refractivity contribution in [2.45, 2.75) is 44.4 Å². The zero-order valence-electron chi connectivity index (χ0n) is 18.0. The van der Waals surface area contributed by atoms with Gasteiger partial charge in [0.05, 0.1) is 5.69 Å². The van der Waals surface area contributed by atoms with Gasteiger partial charge in [0.1, 0.15) is 4.83 Å². The highest BCUT2D eigenvalue weighted by molar-refractivity contribution is 7.15. The molecule has 0 spiro atoms. The summed E-state index contributed by atoms with van der Waals surface area (Å²) in [5.41, 5.74) is 2.16. The molecule has 2 fully saturated rings. The van der Waals surface area contributed by atoms with Gasteiger partial charge in [-0.3, -0.25) is 9.20 Å². The summed E-state index contributed by atoms with van der Waals surface area (Å²) >= 11 is 1.73. The SMILES string of the molecule is O=C(CCCN1CCCC1)N1CCCC(c2nc(Nc3ccccc3)n3ccsc23)C1. The number of benzene rings is 1. The number of fused-ring (bicyclic) bond motifs is 1. The summed E-state index contributed by atoms with van der Waals surface area (Å²) < 4.78 is 2.14. The molecule has 5 rings (SSSR count). The van der Waals surface area contributed by atoms with E-state index in [9.17, 15) is 4.79 Å². The predicted octanol–water partition coefficient (Wildman–Crippen LogP) is 4.72. The van der Waals surface area contributed by atoms with Gasteiger partial charge in [-0.1, -0.05) is 18.2 Å². The van der Waals surface area contributed by atoms with Crippen molar-refractivity contribution < 1.29 is 4.79 Å². The van der Waals surface area contributed by atoms with E-state index < -0.39 is 0 Å². The third kappa shape index (κ3) is 4.62. The number of thiazole rings is 1. The van der Waals surface area contributed by atoms with E-state index >= 15 is 0 Å². The van der Waals surface area contributed by atoms with Crippen molar-refractivity contribution in [1.82, 2.24) is 19.2 Å². The minimum Gasteiger partial charge on any atom is -0.342 e. The number of aromatic nitrogens is 2. The lowest BCUT2D eigenvalue weighted by atomic mass is 9.95. The molecule has 1 atom stereocenters. The van der Waals surface area contributed by atoms with Gasteiger partial charge in [-0.05, 0) is 63.9 Å². The first-order valence-corrected chi connectivity index (χ1v) is 12.4. The van der Waals surface area contributed by atoms with E-state index in [4.69, 9.17) is 4.98 Å². The number of anilines is 2. The summed E-state index contributed by atoms with van der Waals surface area (Å²) in [6, 6.07) is 10.2. The Morgan fingerprint density at radius 1 is 1.13 bits per heavy atom. The zero-order chi connectivity index (χ0) is 21.0. The second-order valence-corrected chi connectivity index (χ2v) is 9.62. The van der Waals surface area contributed by atoms with Gasteiger partial charge in [-0.15, -0.1) is 11.3 Å². The number of imidazole rings is 1. The van der Waals surface area contributed by atoms with Gasteiger partial charge in [-0.25, -0.2) is 4.98 Å². The molecule has 164 valence electrons. The molecule has 1 N–H and O–H groups in total. The van der Waals surface area contributed by atoms with Crippen LogP contribution in [0, 0.1) is 0 Å². The minimum atomic E-state index is 0.302. The van der Waals surface area contributed by atoms with Crippen molar-refractivity contribution >= 4 is 33.7 Å². The van der Waals surface area contributed by atoms with Gasteiger partial charge in [-0.2, -0.15) is 0 Å².